The number of carbonyl (C=O) groups is 4. The smallest absolute Gasteiger partial charge is 0.341 e. The van der Waals surface area contributed by atoms with E-state index in [9.17, 15) is 24.0 Å². The second kappa shape index (κ2) is 7.41. The first-order valence-corrected chi connectivity index (χ1v) is 10.8. The molecule has 33 heavy (non-hydrogen) atoms. The Labute approximate surface area is 192 Å². The van der Waals surface area contributed by atoms with Crippen molar-refractivity contribution in [1.29, 1.82) is 0 Å². The number of benzene rings is 1. The molecule has 168 valence electrons. The quantitative estimate of drug-likeness (QED) is 0.399. The van der Waals surface area contributed by atoms with Gasteiger partial charge in [-0.1, -0.05) is 17.7 Å². The maximum absolute atomic E-state index is 13.2. The number of anilines is 1. The Balaban J connectivity index is 1.71. The van der Waals surface area contributed by atoms with Gasteiger partial charge in [-0.2, -0.15) is 0 Å². The fraction of sp³-hybridized carbons (Fsp3) is 0.261. The lowest BCUT2D eigenvalue weighted by molar-refractivity contribution is -0.138. The summed E-state index contributed by atoms with van der Waals surface area (Å²) in [5.74, 6) is -2.89. The number of pyridine rings is 1. The first-order chi connectivity index (χ1) is 15.7. The SMILES string of the molecule is CCOC(=O)C1=CC(C2CC2)c2cc(Cl)c(-n3c(N)c4c(cc3=O)C(=O)NC4=O)cc2C1=O. The van der Waals surface area contributed by atoms with Crippen LogP contribution in [0.15, 0.2) is 34.6 Å². The monoisotopic (exact) mass is 467 g/mol. The van der Waals surface area contributed by atoms with Gasteiger partial charge in [-0.15, -0.1) is 0 Å². The van der Waals surface area contributed by atoms with Gasteiger partial charge in [0.25, 0.3) is 17.4 Å². The highest BCUT2D eigenvalue weighted by atomic mass is 35.5. The lowest BCUT2D eigenvalue weighted by atomic mass is 9.80. The van der Waals surface area contributed by atoms with Gasteiger partial charge < -0.3 is 10.5 Å². The standard InChI is InChI=1S/C23H18ClN3O6/c1-2-33-23(32)14-5-10(9-3-4-9)11-6-15(24)16(7-12(11)19(14)29)27-17(28)8-13-18(20(27)25)22(31)26-21(13)30/h5-10H,2-4,25H2,1H3,(H,26,30,31). The number of imide groups is 1. The van der Waals surface area contributed by atoms with Crippen molar-refractivity contribution in [3.05, 3.63) is 67.5 Å². The molecule has 1 fully saturated rings. The average molecular weight is 468 g/mol. The van der Waals surface area contributed by atoms with Gasteiger partial charge in [0, 0.05) is 17.5 Å². The zero-order valence-electron chi connectivity index (χ0n) is 17.4. The van der Waals surface area contributed by atoms with E-state index in [0.29, 0.717) is 5.56 Å². The van der Waals surface area contributed by atoms with Crippen LogP contribution in [0, 0.1) is 5.92 Å². The lowest BCUT2D eigenvalue weighted by Gasteiger charge is -2.25. The Kier molecular flexibility index (Phi) is 4.75. The topological polar surface area (TPSA) is 138 Å². The molecule has 2 amide bonds. The van der Waals surface area contributed by atoms with Gasteiger partial charge in [0.05, 0.1) is 28.4 Å². The van der Waals surface area contributed by atoms with E-state index >= 15 is 0 Å². The number of fused-ring (bicyclic) bond motifs is 2. The normalized spacial score (nSPS) is 19.0. The summed E-state index contributed by atoms with van der Waals surface area (Å²) < 4.78 is 6.05. The summed E-state index contributed by atoms with van der Waals surface area (Å²) in [6.45, 7) is 1.78. The van der Waals surface area contributed by atoms with E-state index in [0.717, 1.165) is 23.5 Å². The molecule has 1 aliphatic heterocycles. The molecule has 0 bridgehead atoms. The van der Waals surface area contributed by atoms with Crippen molar-refractivity contribution in [2.24, 2.45) is 5.92 Å². The molecule has 1 aromatic heterocycles. The fourth-order valence-electron chi connectivity index (χ4n) is 4.45. The minimum atomic E-state index is -0.729. The van der Waals surface area contributed by atoms with E-state index in [1.54, 1.807) is 19.1 Å². The predicted octanol–water partition coefficient (Wildman–Crippen LogP) is 2.14. The number of nitrogens with two attached hydrogens (primary N) is 1. The number of amides is 2. The minimum absolute atomic E-state index is 0.0613. The van der Waals surface area contributed by atoms with Crippen molar-refractivity contribution in [2.45, 2.75) is 25.7 Å². The number of allylic oxidation sites excluding steroid dienone is 1. The van der Waals surface area contributed by atoms with Crippen LogP contribution in [0.2, 0.25) is 5.02 Å². The lowest BCUT2D eigenvalue weighted by Crippen LogP contribution is -2.27. The highest BCUT2D eigenvalue weighted by Gasteiger charge is 2.40. The second-order valence-electron chi connectivity index (χ2n) is 8.16. The Bertz CT molecular complexity index is 1390. The predicted molar refractivity (Wildman–Crippen MR) is 118 cm³/mol. The number of hydrogen-bond acceptors (Lipinski definition) is 7. The zero-order chi connectivity index (χ0) is 23.6. The number of Topliss-reactive ketones (excluding diaryl/α,β-unsaturated/α-hetero) is 1. The third-order valence-electron chi connectivity index (χ3n) is 6.13. The van der Waals surface area contributed by atoms with Crippen molar-refractivity contribution < 1.29 is 23.9 Å². The number of hydrogen-bond donors (Lipinski definition) is 2. The Morgan fingerprint density at radius 3 is 2.55 bits per heavy atom. The van der Waals surface area contributed by atoms with E-state index < -0.39 is 29.1 Å². The maximum atomic E-state index is 13.2. The highest BCUT2D eigenvalue weighted by molar-refractivity contribution is 6.33. The summed E-state index contributed by atoms with van der Waals surface area (Å²) in [5.41, 5.74) is 6.05. The van der Waals surface area contributed by atoms with Crippen LogP contribution in [-0.2, 0) is 9.53 Å². The molecule has 0 saturated heterocycles. The van der Waals surface area contributed by atoms with E-state index in [2.05, 4.69) is 5.32 Å². The van der Waals surface area contributed by atoms with Crippen LogP contribution in [0.25, 0.3) is 5.69 Å². The van der Waals surface area contributed by atoms with E-state index in [-0.39, 0.29) is 57.2 Å². The molecule has 2 heterocycles. The van der Waals surface area contributed by atoms with Crippen LogP contribution in [0.1, 0.15) is 62.3 Å². The van der Waals surface area contributed by atoms with Crippen LogP contribution in [0.3, 0.4) is 0 Å². The number of aromatic nitrogens is 1. The number of carbonyl (C=O) groups excluding carboxylic acids is 4. The summed E-state index contributed by atoms with van der Waals surface area (Å²) in [4.78, 5) is 62.7. The van der Waals surface area contributed by atoms with Gasteiger partial charge in [-0.3, -0.25) is 29.1 Å². The molecule has 0 radical (unpaired) electrons. The largest absolute Gasteiger partial charge is 0.462 e. The molecule has 1 saturated carbocycles. The van der Waals surface area contributed by atoms with E-state index in [1.165, 1.54) is 6.07 Å². The molecule has 9 nitrogen and oxygen atoms in total. The molecule has 10 heteroatoms. The third-order valence-corrected chi connectivity index (χ3v) is 6.44. The number of nitrogens with zero attached hydrogens (tertiary/aromatic N) is 1. The molecule has 3 N–H and O–H groups in total. The Morgan fingerprint density at radius 1 is 1.15 bits per heavy atom. The maximum Gasteiger partial charge on any atom is 0.341 e. The number of rotatable bonds is 4. The summed E-state index contributed by atoms with van der Waals surface area (Å²) in [6.07, 6.45) is 3.54. The number of nitrogens with one attached hydrogen (secondary N) is 1. The molecule has 1 unspecified atom stereocenters. The van der Waals surface area contributed by atoms with Gasteiger partial charge in [-0.05, 0) is 43.4 Å². The van der Waals surface area contributed by atoms with E-state index in [1.807, 2.05) is 0 Å². The molecule has 1 aromatic carbocycles. The minimum Gasteiger partial charge on any atom is -0.462 e. The second-order valence-corrected chi connectivity index (χ2v) is 8.57. The van der Waals surface area contributed by atoms with Crippen molar-refractivity contribution in [2.75, 3.05) is 12.3 Å². The van der Waals surface area contributed by atoms with E-state index in [4.69, 9.17) is 22.1 Å². The van der Waals surface area contributed by atoms with Crippen molar-refractivity contribution in [3.8, 4) is 5.69 Å². The van der Waals surface area contributed by atoms with Crippen LogP contribution in [0.5, 0.6) is 0 Å². The van der Waals surface area contributed by atoms with Crippen LogP contribution in [-0.4, -0.2) is 34.7 Å². The first kappa shape index (κ1) is 21.1. The summed E-state index contributed by atoms with van der Waals surface area (Å²) >= 11 is 6.54. The zero-order valence-corrected chi connectivity index (χ0v) is 18.2. The summed E-state index contributed by atoms with van der Waals surface area (Å²) in [7, 11) is 0. The number of ether oxygens (including phenoxy) is 1. The molecule has 0 spiro atoms. The van der Waals surface area contributed by atoms with Crippen molar-refractivity contribution in [3.63, 3.8) is 0 Å². The molecule has 1 atom stereocenters. The molecule has 2 aromatic rings. The fourth-order valence-corrected chi connectivity index (χ4v) is 4.71. The van der Waals surface area contributed by atoms with Crippen molar-refractivity contribution >= 4 is 41.0 Å². The Hall–Kier alpha value is -3.72. The molecular formula is C23H18ClN3O6. The van der Waals surface area contributed by atoms with Gasteiger partial charge in [0.15, 0.2) is 5.78 Å². The van der Waals surface area contributed by atoms with Crippen LogP contribution >= 0.6 is 11.6 Å². The summed E-state index contributed by atoms with van der Waals surface area (Å²) in [6, 6.07) is 4.00. The molecule has 5 rings (SSSR count). The molecule has 2 aliphatic carbocycles. The number of ketones is 1. The number of esters is 1. The van der Waals surface area contributed by atoms with Gasteiger partial charge in [0.1, 0.15) is 11.4 Å². The third kappa shape index (κ3) is 3.19. The van der Waals surface area contributed by atoms with Crippen LogP contribution in [0.4, 0.5) is 5.82 Å². The molecular weight excluding hydrogens is 450 g/mol. The van der Waals surface area contributed by atoms with Gasteiger partial charge in [-0.25, -0.2) is 4.79 Å². The van der Waals surface area contributed by atoms with Crippen molar-refractivity contribution in [1.82, 2.24) is 9.88 Å². The molecule has 3 aliphatic rings. The average Bonchev–Trinajstić information content (AvgIpc) is 3.55. The van der Waals surface area contributed by atoms with Gasteiger partial charge in [0.2, 0.25) is 0 Å². The first-order valence-electron chi connectivity index (χ1n) is 10.4. The number of nitrogen functional groups attached to an aromatic ring is 1. The highest BCUT2D eigenvalue weighted by Crippen LogP contribution is 2.48. The summed E-state index contributed by atoms with van der Waals surface area (Å²) in [5, 5.41) is 2.24. The van der Waals surface area contributed by atoms with Gasteiger partial charge >= 0.3 is 5.97 Å². The Morgan fingerprint density at radius 2 is 1.88 bits per heavy atom. The van der Waals surface area contributed by atoms with Crippen LogP contribution < -0.4 is 16.6 Å². The number of halogens is 1.